The first-order valence-corrected chi connectivity index (χ1v) is 8.81. The van der Waals surface area contributed by atoms with Gasteiger partial charge in [-0.25, -0.2) is 5.43 Å². The van der Waals surface area contributed by atoms with Crippen LogP contribution >= 0.6 is 23.2 Å². The first-order chi connectivity index (χ1) is 12.2. The first-order valence-electron chi connectivity index (χ1n) is 7.74. The van der Waals surface area contributed by atoms with Crippen LogP contribution in [-0.4, -0.2) is 42.1 Å². The number of aromatic hydroxyl groups is 1. The van der Waals surface area contributed by atoms with E-state index < -0.39 is 5.91 Å². The summed E-state index contributed by atoms with van der Waals surface area (Å²) in [6.45, 7) is 1.44. The van der Waals surface area contributed by atoms with E-state index in [9.17, 15) is 9.90 Å². The number of benzene rings is 2. The molecule has 0 aliphatic rings. The lowest BCUT2D eigenvalue weighted by Gasteiger charge is -2.22. The summed E-state index contributed by atoms with van der Waals surface area (Å²) < 4.78 is 0. The van der Waals surface area contributed by atoms with Crippen molar-refractivity contribution in [2.45, 2.75) is 0 Å². The molecule has 132 valence electrons. The van der Waals surface area contributed by atoms with Gasteiger partial charge in [0.2, 0.25) is 0 Å². The number of phenols is 1. The second kappa shape index (κ2) is 9.91. The van der Waals surface area contributed by atoms with E-state index in [4.69, 9.17) is 23.2 Å². The highest BCUT2D eigenvalue weighted by atomic mass is 35.5. The van der Waals surface area contributed by atoms with Gasteiger partial charge in [-0.15, -0.1) is 23.2 Å². The number of nitrogens with one attached hydrogen (secondary N) is 1. The minimum absolute atomic E-state index is 0.0850. The van der Waals surface area contributed by atoms with Crippen molar-refractivity contribution < 1.29 is 9.90 Å². The molecule has 25 heavy (non-hydrogen) atoms. The monoisotopic (exact) mass is 379 g/mol. The molecule has 0 fully saturated rings. The fourth-order valence-electron chi connectivity index (χ4n) is 2.24. The van der Waals surface area contributed by atoms with Gasteiger partial charge in [0, 0.05) is 30.5 Å². The van der Waals surface area contributed by atoms with E-state index in [0.717, 1.165) is 24.3 Å². The standard InChI is InChI=1S/C18H19Cl2N3O2/c19-9-11-23(12-10-20)15-7-5-14(6-8-15)13-21-22-18(25)16-3-1-2-4-17(16)24/h1-8,13,24H,9-12H2,(H,22,25). The summed E-state index contributed by atoms with van der Waals surface area (Å²) in [5, 5.41) is 13.5. The number of carbonyl (C=O) groups excluding carboxylic acids is 1. The summed E-state index contributed by atoms with van der Waals surface area (Å²) in [5.41, 5.74) is 4.42. The zero-order valence-electron chi connectivity index (χ0n) is 13.5. The number of halogens is 2. The molecule has 7 heteroatoms. The molecule has 0 radical (unpaired) electrons. The van der Waals surface area contributed by atoms with E-state index in [2.05, 4.69) is 15.4 Å². The number of rotatable bonds is 8. The topological polar surface area (TPSA) is 64.9 Å². The van der Waals surface area contributed by atoms with Gasteiger partial charge in [-0.2, -0.15) is 5.10 Å². The van der Waals surface area contributed by atoms with Gasteiger partial charge in [-0.1, -0.05) is 24.3 Å². The molecule has 0 unspecified atom stereocenters. The Bertz CT molecular complexity index is 715. The van der Waals surface area contributed by atoms with Crippen molar-refractivity contribution in [2.24, 2.45) is 5.10 Å². The maximum Gasteiger partial charge on any atom is 0.275 e. The van der Waals surface area contributed by atoms with E-state index >= 15 is 0 Å². The second-order valence-corrected chi connectivity index (χ2v) is 5.93. The molecule has 0 aromatic heterocycles. The van der Waals surface area contributed by atoms with Crippen LogP contribution in [-0.2, 0) is 0 Å². The predicted octanol–water partition coefficient (Wildman–Crippen LogP) is 3.44. The molecule has 1 amide bonds. The van der Waals surface area contributed by atoms with Crippen molar-refractivity contribution in [3.63, 3.8) is 0 Å². The Morgan fingerprint density at radius 2 is 1.72 bits per heavy atom. The Kier molecular flexibility index (Phi) is 7.57. The Morgan fingerprint density at radius 3 is 2.32 bits per heavy atom. The third-order valence-electron chi connectivity index (χ3n) is 3.50. The average molecular weight is 380 g/mol. The highest BCUT2D eigenvalue weighted by Crippen LogP contribution is 2.16. The zero-order chi connectivity index (χ0) is 18.1. The zero-order valence-corrected chi connectivity index (χ0v) is 15.0. The Hall–Kier alpha value is -2.24. The molecule has 0 spiro atoms. The number of alkyl halides is 2. The van der Waals surface area contributed by atoms with Gasteiger partial charge in [-0.3, -0.25) is 4.79 Å². The summed E-state index contributed by atoms with van der Waals surface area (Å²) in [6.07, 6.45) is 1.54. The van der Waals surface area contributed by atoms with Crippen molar-refractivity contribution in [2.75, 3.05) is 29.7 Å². The number of anilines is 1. The molecule has 0 saturated carbocycles. The van der Waals surface area contributed by atoms with Gasteiger partial charge in [0.05, 0.1) is 11.8 Å². The van der Waals surface area contributed by atoms with E-state index in [1.54, 1.807) is 12.1 Å². The number of hydrogen-bond acceptors (Lipinski definition) is 4. The minimum atomic E-state index is -0.471. The molecule has 2 rings (SSSR count). The van der Waals surface area contributed by atoms with Crippen LogP contribution < -0.4 is 10.3 Å². The number of carbonyl (C=O) groups is 1. The molecule has 0 aliphatic carbocycles. The number of phenolic OH excluding ortho intramolecular Hbond substituents is 1. The normalized spacial score (nSPS) is 10.8. The van der Waals surface area contributed by atoms with Crippen molar-refractivity contribution >= 4 is 41.0 Å². The number of amides is 1. The average Bonchev–Trinajstić information content (AvgIpc) is 2.62. The number of hydrazone groups is 1. The molecule has 5 nitrogen and oxygen atoms in total. The molecule has 2 N–H and O–H groups in total. The SMILES string of the molecule is O=C(NN=Cc1ccc(N(CCCl)CCCl)cc1)c1ccccc1O. The van der Waals surface area contributed by atoms with Crippen molar-refractivity contribution in [3.05, 3.63) is 59.7 Å². The Labute approximate surface area is 156 Å². The summed E-state index contributed by atoms with van der Waals surface area (Å²) in [5.74, 6) is 0.497. The van der Waals surface area contributed by atoms with Gasteiger partial charge in [0.25, 0.3) is 5.91 Å². The third kappa shape index (κ3) is 5.66. The maximum absolute atomic E-state index is 11.9. The lowest BCUT2D eigenvalue weighted by molar-refractivity contribution is 0.0952. The summed E-state index contributed by atoms with van der Waals surface area (Å²) in [4.78, 5) is 14.0. The minimum Gasteiger partial charge on any atom is -0.507 e. The lowest BCUT2D eigenvalue weighted by Crippen LogP contribution is -2.27. The van der Waals surface area contributed by atoms with Gasteiger partial charge in [0.15, 0.2) is 0 Å². The third-order valence-corrected chi connectivity index (χ3v) is 3.83. The molecule has 2 aromatic rings. The smallest absolute Gasteiger partial charge is 0.275 e. The molecule has 0 atom stereocenters. The van der Waals surface area contributed by atoms with Crippen LogP contribution in [0.15, 0.2) is 53.6 Å². The Morgan fingerprint density at radius 1 is 1.08 bits per heavy atom. The highest BCUT2D eigenvalue weighted by Gasteiger charge is 2.08. The van der Waals surface area contributed by atoms with E-state index in [0.29, 0.717) is 11.8 Å². The number of para-hydroxylation sites is 1. The van der Waals surface area contributed by atoms with Crippen LogP contribution in [0.4, 0.5) is 5.69 Å². The number of hydrogen-bond donors (Lipinski definition) is 2. The quantitative estimate of drug-likeness (QED) is 0.419. The fraction of sp³-hybridized carbons (Fsp3) is 0.222. The molecule has 0 aliphatic heterocycles. The Balaban J connectivity index is 1.97. The number of nitrogens with zero attached hydrogens (tertiary/aromatic N) is 2. The highest BCUT2D eigenvalue weighted by molar-refractivity contribution is 6.18. The largest absolute Gasteiger partial charge is 0.507 e. The molecular weight excluding hydrogens is 361 g/mol. The van der Waals surface area contributed by atoms with Gasteiger partial charge in [-0.05, 0) is 29.8 Å². The van der Waals surface area contributed by atoms with Crippen LogP contribution in [0.2, 0.25) is 0 Å². The maximum atomic E-state index is 11.9. The summed E-state index contributed by atoms with van der Waals surface area (Å²) in [6, 6.07) is 14.0. The summed E-state index contributed by atoms with van der Waals surface area (Å²) >= 11 is 11.6. The lowest BCUT2D eigenvalue weighted by atomic mass is 10.2. The summed E-state index contributed by atoms with van der Waals surface area (Å²) in [7, 11) is 0. The van der Waals surface area contributed by atoms with Crippen molar-refractivity contribution in [3.8, 4) is 5.75 Å². The molecular formula is C18H19Cl2N3O2. The second-order valence-electron chi connectivity index (χ2n) is 5.17. The molecule has 0 heterocycles. The van der Waals surface area contributed by atoms with Crippen LogP contribution in [0.5, 0.6) is 5.75 Å². The van der Waals surface area contributed by atoms with Gasteiger partial charge < -0.3 is 10.0 Å². The van der Waals surface area contributed by atoms with Crippen LogP contribution in [0.1, 0.15) is 15.9 Å². The van der Waals surface area contributed by atoms with E-state index in [1.165, 1.54) is 18.3 Å². The molecule has 0 bridgehead atoms. The van der Waals surface area contributed by atoms with Crippen LogP contribution in [0.3, 0.4) is 0 Å². The van der Waals surface area contributed by atoms with E-state index in [-0.39, 0.29) is 11.3 Å². The molecule has 0 saturated heterocycles. The predicted molar refractivity (Wildman–Crippen MR) is 103 cm³/mol. The fourth-order valence-corrected chi connectivity index (χ4v) is 2.64. The van der Waals surface area contributed by atoms with Gasteiger partial charge in [0.1, 0.15) is 5.75 Å². The molecule has 2 aromatic carbocycles. The van der Waals surface area contributed by atoms with Crippen LogP contribution in [0.25, 0.3) is 0 Å². The van der Waals surface area contributed by atoms with Crippen molar-refractivity contribution in [1.82, 2.24) is 5.43 Å². The van der Waals surface area contributed by atoms with E-state index in [1.807, 2.05) is 24.3 Å². The van der Waals surface area contributed by atoms with Gasteiger partial charge >= 0.3 is 0 Å². The first kappa shape index (κ1) is 19.1. The van der Waals surface area contributed by atoms with Crippen LogP contribution in [0, 0.1) is 0 Å². The van der Waals surface area contributed by atoms with Crippen molar-refractivity contribution in [1.29, 1.82) is 0 Å².